The van der Waals surface area contributed by atoms with Gasteiger partial charge in [0.2, 0.25) is 0 Å². The maximum atomic E-state index is 12.5. The molecule has 1 aromatic rings. The van der Waals surface area contributed by atoms with Crippen LogP contribution in [0.15, 0.2) is 6.20 Å². The van der Waals surface area contributed by atoms with Crippen molar-refractivity contribution in [1.82, 2.24) is 14.7 Å². The van der Waals surface area contributed by atoms with Gasteiger partial charge in [0.1, 0.15) is 5.69 Å². The van der Waals surface area contributed by atoms with Gasteiger partial charge in [-0.1, -0.05) is 0 Å². The fraction of sp³-hybridized carbons (Fsp3) is 0.667. The van der Waals surface area contributed by atoms with Gasteiger partial charge < -0.3 is 15.4 Å². The molecule has 2 atom stereocenters. The molecule has 0 saturated carbocycles. The maximum absolute atomic E-state index is 12.5. The highest BCUT2D eigenvalue weighted by atomic mass is 16.5. The SMILES string of the molecule is CCn1ncc(N)c1C(=O)N1CC(C)OC(C)C1. The van der Waals surface area contributed by atoms with E-state index >= 15 is 0 Å². The Bertz CT molecular complexity index is 433. The molecule has 2 heterocycles. The van der Waals surface area contributed by atoms with Crippen LogP contribution in [0.1, 0.15) is 31.3 Å². The third-order valence-corrected chi connectivity index (χ3v) is 3.08. The molecule has 2 rings (SSSR count). The number of nitrogens with zero attached hydrogens (tertiary/aromatic N) is 3. The first-order chi connectivity index (χ1) is 8.52. The Morgan fingerprint density at radius 1 is 1.50 bits per heavy atom. The van der Waals surface area contributed by atoms with E-state index in [1.807, 2.05) is 20.8 Å². The van der Waals surface area contributed by atoms with Crippen molar-refractivity contribution in [1.29, 1.82) is 0 Å². The van der Waals surface area contributed by atoms with Gasteiger partial charge in [-0.05, 0) is 20.8 Å². The third-order valence-electron chi connectivity index (χ3n) is 3.08. The molecule has 2 N–H and O–H groups in total. The van der Waals surface area contributed by atoms with Gasteiger partial charge in [0.05, 0.1) is 24.1 Å². The Morgan fingerprint density at radius 2 is 2.11 bits per heavy atom. The first kappa shape index (κ1) is 12.9. The van der Waals surface area contributed by atoms with Crippen LogP contribution in [-0.2, 0) is 11.3 Å². The van der Waals surface area contributed by atoms with Gasteiger partial charge in [0, 0.05) is 19.6 Å². The summed E-state index contributed by atoms with van der Waals surface area (Å²) in [4.78, 5) is 14.3. The monoisotopic (exact) mass is 252 g/mol. The van der Waals surface area contributed by atoms with Crippen LogP contribution in [0, 0.1) is 0 Å². The summed E-state index contributed by atoms with van der Waals surface area (Å²) in [5.74, 6) is -0.0612. The summed E-state index contributed by atoms with van der Waals surface area (Å²) in [6, 6.07) is 0. The zero-order valence-electron chi connectivity index (χ0n) is 11.1. The Balaban J connectivity index is 2.22. The number of morpholine rings is 1. The molecule has 0 radical (unpaired) electrons. The Labute approximate surface area is 107 Å². The van der Waals surface area contributed by atoms with Crippen LogP contribution in [-0.4, -0.2) is 45.9 Å². The van der Waals surface area contributed by atoms with E-state index in [0.717, 1.165) is 0 Å². The molecule has 1 amide bonds. The van der Waals surface area contributed by atoms with Crippen molar-refractivity contribution in [2.45, 2.75) is 39.5 Å². The Morgan fingerprint density at radius 3 is 2.67 bits per heavy atom. The molecule has 6 heteroatoms. The number of nitrogens with two attached hydrogens (primary N) is 1. The van der Waals surface area contributed by atoms with Crippen molar-refractivity contribution in [2.24, 2.45) is 0 Å². The lowest BCUT2D eigenvalue weighted by Crippen LogP contribution is -2.48. The van der Waals surface area contributed by atoms with Crippen LogP contribution in [0.4, 0.5) is 5.69 Å². The molecule has 1 aliphatic rings. The quantitative estimate of drug-likeness (QED) is 0.842. The van der Waals surface area contributed by atoms with Gasteiger partial charge >= 0.3 is 0 Å². The second kappa shape index (κ2) is 4.97. The number of carbonyl (C=O) groups excluding carboxylic acids is 1. The minimum absolute atomic E-state index is 0.0527. The van der Waals surface area contributed by atoms with E-state index < -0.39 is 0 Å². The summed E-state index contributed by atoms with van der Waals surface area (Å²) in [6.07, 6.45) is 1.64. The van der Waals surface area contributed by atoms with E-state index in [0.29, 0.717) is 31.0 Å². The lowest BCUT2D eigenvalue weighted by molar-refractivity contribution is -0.0588. The number of nitrogen functional groups attached to an aromatic ring is 1. The predicted molar refractivity (Wildman–Crippen MR) is 68.2 cm³/mol. The van der Waals surface area contributed by atoms with Gasteiger partial charge in [-0.15, -0.1) is 0 Å². The molecule has 1 fully saturated rings. The fourth-order valence-electron chi connectivity index (χ4n) is 2.37. The number of anilines is 1. The molecular formula is C12H20N4O2. The molecule has 18 heavy (non-hydrogen) atoms. The first-order valence-corrected chi connectivity index (χ1v) is 6.29. The molecule has 1 aromatic heterocycles. The number of amides is 1. The van der Waals surface area contributed by atoms with Gasteiger partial charge in [0.15, 0.2) is 0 Å². The number of aromatic nitrogens is 2. The van der Waals surface area contributed by atoms with E-state index in [2.05, 4.69) is 5.10 Å². The number of rotatable bonds is 2. The molecule has 6 nitrogen and oxygen atoms in total. The summed E-state index contributed by atoms with van der Waals surface area (Å²) in [5, 5.41) is 4.10. The second-order valence-corrected chi connectivity index (χ2v) is 4.73. The number of ether oxygens (including phenoxy) is 1. The highest BCUT2D eigenvalue weighted by Gasteiger charge is 2.29. The van der Waals surface area contributed by atoms with Crippen molar-refractivity contribution in [3.8, 4) is 0 Å². The highest BCUT2D eigenvalue weighted by Crippen LogP contribution is 2.18. The molecule has 1 saturated heterocycles. The van der Waals surface area contributed by atoms with E-state index in [4.69, 9.17) is 10.5 Å². The smallest absolute Gasteiger partial charge is 0.274 e. The molecule has 0 spiro atoms. The summed E-state index contributed by atoms with van der Waals surface area (Å²) < 4.78 is 7.26. The minimum Gasteiger partial charge on any atom is -0.396 e. The first-order valence-electron chi connectivity index (χ1n) is 6.29. The molecule has 1 aliphatic heterocycles. The molecule has 2 unspecified atom stereocenters. The fourth-order valence-corrected chi connectivity index (χ4v) is 2.37. The molecule has 0 aromatic carbocycles. The van der Waals surface area contributed by atoms with Crippen molar-refractivity contribution in [2.75, 3.05) is 18.8 Å². The number of hydrogen-bond acceptors (Lipinski definition) is 4. The van der Waals surface area contributed by atoms with Crippen molar-refractivity contribution in [3.05, 3.63) is 11.9 Å². The third kappa shape index (κ3) is 2.33. The largest absolute Gasteiger partial charge is 0.396 e. The Kier molecular flexibility index (Phi) is 3.56. The van der Waals surface area contributed by atoms with Gasteiger partial charge in [-0.25, -0.2) is 0 Å². The molecule has 0 bridgehead atoms. The average molecular weight is 252 g/mol. The van der Waals surface area contributed by atoms with Crippen LogP contribution in [0.5, 0.6) is 0 Å². The lowest BCUT2D eigenvalue weighted by Gasteiger charge is -2.35. The number of hydrogen-bond donors (Lipinski definition) is 1. The second-order valence-electron chi connectivity index (χ2n) is 4.73. The van der Waals surface area contributed by atoms with Crippen molar-refractivity contribution in [3.63, 3.8) is 0 Å². The van der Waals surface area contributed by atoms with E-state index in [-0.39, 0.29) is 18.1 Å². The van der Waals surface area contributed by atoms with Gasteiger partial charge in [-0.2, -0.15) is 5.10 Å². The number of carbonyl (C=O) groups is 1. The minimum atomic E-state index is -0.0612. The topological polar surface area (TPSA) is 73.4 Å². The molecular weight excluding hydrogens is 232 g/mol. The van der Waals surface area contributed by atoms with Crippen molar-refractivity contribution >= 4 is 11.6 Å². The average Bonchev–Trinajstić information content (AvgIpc) is 2.68. The number of aryl methyl sites for hydroxylation is 1. The summed E-state index contributed by atoms with van der Waals surface area (Å²) in [7, 11) is 0. The van der Waals surface area contributed by atoms with Crippen molar-refractivity contribution < 1.29 is 9.53 Å². The van der Waals surface area contributed by atoms with Crippen LogP contribution in [0.25, 0.3) is 0 Å². The summed E-state index contributed by atoms with van der Waals surface area (Å²) in [5.41, 5.74) is 6.76. The zero-order valence-corrected chi connectivity index (χ0v) is 11.1. The zero-order chi connectivity index (χ0) is 13.3. The summed E-state index contributed by atoms with van der Waals surface area (Å²) >= 11 is 0. The van der Waals surface area contributed by atoms with Gasteiger partial charge in [-0.3, -0.25) is 9.48 Å². The predicted octanol–water partition coefficient (Wildman–Crippen LogP) is 0.735. The maximum Gasteiger partial charge on any atom is 0.274 e. The van der Waals surface area contributed by atoms with E-state index in [1.165, 1.54) is 6.20 Å². The Hall–Kier alpha value is -1.56. The van der Waals surface area contributed by atoms with Crippen LogP contribution in [0.3, 0.4) is 0 Å². The van der Waals surface area contributed by atoms with Gasteiger partial charge in [0.25, 0.3) is 5.91 Å². The van der Waals surface area contributed by atoms with E-state index in [9.17, 15) is 4.79 Å². The normalized spacial score (nSPS) is 24.3. The van der Waals surface area contributed by atoms with E-state index in [1.54, 1.807) is 9.58 Å². The van der Waals surface area contributed by atoms with Crippen LogP contribution < -0.4 is 5.73 Å². The standard InChI is InChI=1S/C12H20N4O2/c1-4-16-11(10(13)5-14-16)12(17)15-6-8(2)18-9(3)7-15/h5,8-9H,4,6-7,13H2,1-3H3. The molecule has 0 aliphatic carbocycles. The highest BCUT2D eigenvalue weighted by molar-refractivity contribution is 5.97. The van der Waals surface area contributed by atoms with Crippen LogP contribution in [0.2, 0.25) is 0 Å². The van der Waals surface area contributed by atoms with Crippen LogP contribution >= 0.6 is 0 Å². The summed E-state index contributed by atoms with van der Waals surface area (Å²) in [6.45, 7) is 7.70. The lowest BCUT2D eigenvalue weighted by atomic mass is 10.2. The molecule has 100 valence electrons.